The van der Waals surface area contributed by atoms with Crippen LogP contribution in [-0.4, -0.2) is 23.4 Å². The maximum Gasteiger partial charge on any atom is 0.192 e. The van der Waals surface area contributed by atoms with E-state index >= 15 is 0 Å². The van der Waals surface area contributed by atoms with Crippen molar-refractivity contribution in [1.29, 1.82) is 0 Å². The summed E-state index contributed by atoms with van der Waals surface area (Å²) in [7, 11) is 0. The molecule has 4 heteroatoms. The number of aryl methyl sites for hydroxylation is 1. The van der Waals surface area contributed by atoms with E-state index in [2.05, 4.69) is 9.89 Å². The highest BCUT2D eigenvalue weighted by atomic mass is 19.1. The van der Waals surface area contributed by atoms with Crippen LogP contribution in [0.4, 0.5) is 4.39 Å². The second-order valence-corrected chi connectivity index (χ2v) is 5.57. The van der Waals surface area contributed by atoms with Crippen LogP contribution in [-0.2, 0) is 0 Å². The van der Waals surface area contributed by atoms with Gasteiger partial charge in [0.25, 0.3) is 0 Å². The van der Waals surface area contributed by atoms with Crippen molar-refractivity contribution < 1.29 is 4.39 Å². The van der Waals surface area contributed by atoms with Gasteiger partial charge in [0, 0.05) is 6.04 Å². The van der Waals surface area contributed by atoms with E-state index in [9.17, 15) is 4.39 Å². The van der Waals surface area contributed by atoms with Gasteiger partial charge >= 0.3 is 0 Å². The molecule has 1 aliphatic carbocycles. The largest absolute Gasteiger partial charge is 0.370 e. The maximum absolute atomic E-state index is 13.4. The third kappa shape index (κ3) is 2.20. The molecule has 1 saturated carbocycles. The molecule has 1 aliphatic heterocycles. The predicted octanol–water partition coefficient (Wildman–Crippen LogP) is 2.75. The molecule has 1 unspecified atom stereocenters. The highest BCUT2D eigenvalue weighted by Gasteiger charge is 2.34. The number of guanidine groups is 1. The Morgan fingerprint density at radius 3 is 2.74 bits per heavy atom. The molecule has 0 saturated heterocycles. The van der Waals surface area contributed by atoms with E-state index in [4.69, 9.17) is 5.73 Å². The molecule has 0 radical (unpaired) electrons. The van der Waals surface area contributed by atoms with E-state index in [0.29, 0.717) is 24.1 Å². The van der Waals surface area contributed by atoms with Crippen molar-refractivity contribution >= 4 is 5.96 Å². The number of nitrogens with two attached hydrogens (primary N) is 1. The van der Waals surface area contributed by atoms with E-state index in [1.54, 1.807) is 13.0 Å². The first-order valence-corrected chi connectivity index (χ1v) is 7.01. The SMILES string of the molecule is Cc1cc(C2CN=C(N)N2C2CCCC2)ccc1F. The average molecular weight is 261 g/mol. The molecular formula is C15H20FN3. The summed E-state index contributed by atoms with van der Waals surface area (Å²) in [4.78, 5) is 6.65. The monoisotopic (exact) mass is 261 g/mol. The van der Waals surface area contributed by atoms with Crippen LogP contribution < -0.4 is 5.73 Å². The van der Waals surface area contributed by atoms with Crippen LogP contribution in [0, 0.1) is 12.7 Å². The van der Waals surface area contributed by atoms with Gasteiger partial charge in [-0.1, -0.05) is 25.0 Å². The summed E-state index contributed by atoms with van der Waals surface area (Å²) in [6.45, 7) is 2.49. The van der Waals surface area contributed by atoms with Gasteiger partial charge in [-0.05, 0) is 37.0 Å². The molecule has 102 valence electrons. The zero-order valence-corrected chi connectivity index (χ0v) is 11.3. The summed E-state index contributed by atoms with van der Waals surface area (Å²) in [6.07, 6.45) is 4.91. The van der Waals surface area contributed by atoms with E-state index in [1.807, 2.05) is 12.1 Å². The first-order valence-electron chi connectivity index (χ1n) is 7.01. The Kier molecular flexibility index (Phi) is 3.17. The first-order chi connectivity index (χ1) is 9.16. The molecule has 0 aromatic heterocycles. The fraction of sp³-hybridized carbons (Fsp3) is 0.533. The van der Waals surface area contributed by atoms with Gasteiger partial charge in [-0.25, -0.2) is 4.39 Å². The lowest BCUT2D eigenvalue weighted by Gasteiger charge is -2.32. The molecular weight excluding hydrogens is 241 g/mol. The van der Waals surface area contributed by atoms with E-state index in [1.165, 1.54) is 25.7 Å². The van der Waals surface area contributed by atoms with Crippen molar-refractivity contribution in [2.75, 3.05) is 6.54 Å². The molecule has 19 heavy (non-hydrogen) atoms. The Balaban J connectivity index is 1.88. The summed E-state index contributed by atoms with van der Waals surface area (Å²) in [6, 6.07) is 6.02. The third-order valence-corrected chi connectivity index (χ3v) is 4.31. The Morgan fingerprint density at radius 2 is 2.05 bits per heavy atom. The van der Waals surface area contributed by atoms with Crippen LogP contribution >= 0.6 is 0 Å². The minimum Gasteiger partial charge on any atom is -0.370 e. The van der Waals surface area contributed by atoms with Gasteiger partial charge in [0.2, 0.25) is 0 Å². The molecule has 0 spiro atoms. The van der Waals surface area contributed by atoms with Crippen molar-refractivity contribution in [1.82, 2.24) is 4.90 Å². The third-order valence-electron chi connectivity index (χ3n) is 4.31. The fourth-order valence-corrected chi connectivity index (χ4v) is 3.27. The van der Waals surface area contributed by atoms with Gasteiger partial charge in [0.1, 0.15) is 5.82 Å². The predicted molar refractivity (Wildman–Crippen MR) is 74.5 cm³/mol. The lowest BCUT2D eigenvalue weighted by Crippen LogP contribution is -2.42. The van der Waals surface area contributed by atoms with Gasteiger partial charge < -0.3 is 10.6 Å². The Bertz CT molecular complexity index is 506. The van der Waals surface area contributed by atoms with Crippen molar-refractivity contribution in [3.63, 3.8) is 0 Å². The lowest BCUT2D eigenvalue weighted by atomic mass is 10.0. The van der Waals surface area contributed by atoms with Crippen molar-refractivity contribution in [3.8, 4) is 0 Å². The molecule has 1 heterocycles. The number of nitrogens with zero attached hydrogens (tertiary/aromatic N) is 2. The topological polar surface area (TPSA) is 41.6 Å². The molecule has 0 amide bonds. The maximum atomic E-state index is 13.4. The van der Waals surface area contributed by atoms with Crippen LogP contribution in [0.1, 0.15) is 42.9 Å². The van der Waals surface area contributed by atoms with E-state index in [0.717, 1.165) is 5.56 Å². The Morgan fingerprint density at radius 1 is 1.32 bits per heavy atom. The summed E-state index contributed by atoms with van der Waals surface area (Å²) >= 11 is 0. The number of benzene rings is 1. The molecule has 1 aromatic rings. The smallest absolute Gasteiger partial charge is 0.192 e. The number of rotatable bonds is 2. The first kappa shape index (κ1) is 12.5. The van der Waals surface area contributed by atoms with Crippen LogP contribution in [0.2, 0.25) is 0 Å². The zero-order chi connectivity index (χ0) is 13.4. The number of hydrogen-bond acceptors (Lipinski definition) is 3. The van der Waals surface area contributed by atoms with Gasteiger partial charge in [-0.15, -0.1) is 0 Å². The van der Waals surface area contributed by atoms with Crippen molar-refractivity contribution in [2.24, 2.45) is 10.7 Å². The normalized spacial score (nSPS) is 24.0. The number of hydrogen-bond donors (Lipinski definition) is 1. The summed E-state index contributed by atoms with van der Waals surface area (Å²) in [5.41, 5.74) is 7.87. The van der Waals surface area contributed by atoms with Gasteiger partial charge in [0.15, 0.2) is 5.96 Å². The number of halogens is 1. The average Bonchev–Trinajstić information content (AvgIpc) is 3.01. The second-order valence-electron chi connectivity index (χ2n) is 5.57. The van der Waals surface area contributed by atoms with E-state index in [-0.39, 0.29) is 11.9 Å². The van der Waals surface area contributed by atoms with Crippen LogP contribution in [0.15, 0.2) is 23.2 Å². The molecule has 2 aliphatic rings. The zero-order valence-electron chi connectivity index (χ0n) is 11.3. The molecule has 0 bridgehead atoms. The van der Waals surface area contributed by atoms with Crippen LogP contribution in [0.5, 0.6) is 0 Å². The quantitative estimate of drug-likeness (QED) is 0.889. The highest BCUT2D eigenvalue weighted by molar-refractivity contribution is 5.80. The van der Waals surface area contributed by atoms with Gasteiger partial charge in [-0.2, -0.15) is 0 Å². The summed E-state index contributed by atoms with van der Waals surface area (Å²) < 4.78 is 13.4. The molecule has 2 N–H and O–H groups in total. The molecule has 3 rings (SSSR count). The van der Waals surface area contributed by atoms with Gasteiger partial charge in [-0.3, -0.25) is 4.99 Å². The summed E-state index contributed by atoms with van der Waals surface area (Å²) in [5, 5.41) is 0. The Hall–Kier alpha value is -1.58. The van der Waals surface area contributed by atoms with Crippen molar-refractivity contribution in [2.45, 2.75) is 44.7 Å². The molecule has 1 atom stereocenters. The Labute approximate surface area is 113 Å². The molecule has 3 nitrogen and oxygen atoms in total. The standard InChI is InChI=1S/C15H20FN3/c1-10-8-11(6-7-13(10)16)14-9-18-15(17)19(14)12-4-2-3-5-12/h6-8,12,14H,2-5,9H2,1H3,(H2,17,18). The lowest BCUT2D eigenvalue weighted by molar-refractivity contribution is 0.262. The minimum absolute atomic E-state index is 0.150. The summed E-state index contributed by atoms with van der Waals surface area (Å²) in [5.74, 6) is 0.502. The van der Waals surface area contributed by atoms with Crippen molar-refractivity contribution in [3.05, 3.63) is 35.1 Å². The number of aliphatic imine (C=N–C) groups is 1. The molecule has 1 aromatic carbocycles. The second kappa shape index (κ2) is 4.83. The molecule has 1 fully saturated rings. The van der Waals surface area contributed by atoms with Gasteiger partial charge in [0.05, 0.1) is 12.6 Å². The fourth-order valence-electron chi connectivity index (χ4n) is 3.27. The van der Waals surface area contributed by atoms with Crippen LogP contribution in [0.25, 0.3) is 0 Å². The minimum atomic E-state index is -0.150. The highest BCUT2D eigenvalue weighted by Crippen LogP contribution is 2.34. The van der Waals surface area contributed by atoms with Crippen LogP contribution in [0.3, 0.4) is 0 Å². The van der Waals surface area contributed by atoms with E-state index < -0.39 is 0 Å².